The molecule has 20 heavy (non-hydrogen) atoms. The number of para-hydroxylation sites is 1. The van der Waals surface area contributed by atoms with Crippen LogP contribution in [0.4, 0.5) is 20.2 Å². The van der Waals surface area contributed by atoms with Gasteiger partial charge in [0.25, 0.3) is 0 Å². The molecule has 0 saturated carbocycles. The number of hydrogen-bond donors (Lipinski definition) is 2. The number of carbonyl (C=O) groups is 1. The van der Waals surface area contributed by atoms with E-state index < -0.39 is 17.5 Å². The number of carbonyl (C=O) groups excluding carboxylic acids is 1. The highest BCUT2D eigenvalue weighted by molar-refractivity contribution is 6.30. The van der Waals surface area contributed by atoms with Gasteiger partial charge in [0.05, 0.1) is 6.54 Å². The van der Waals surface area contributed by atoms with Crippen molar-refractivity contribution in [3.05, 3.63) is 59.1 Å². The summed E-state index contributed by atoms with van der Waals surface area (Å²) >= 11 is 5.78. The van der Waals surface area contributed by atoms with Crippen molar-refractivity contribution in [3.63, 3.8) is 0 Å². The molecule has 0 aromatic heterocycles. The van der Waals surface area contributed by atoms with Crippen molar-refractivity contribution in [1.29, 1.82) is 0 Å². The summed E-state index contributed by atoms with van der Waals surface area (Å²) in [6, 6.07) is 10.1. The molecule has 0 saturated heterocycles. The van der Waals surface area contributed by atoms with Crippen LogP contribution in [0.3, 0.4) is 0 Å². The number of halogens is 3. The first-order valence-corrected chi connectivity index (χ1v) is 6.17. The Morgan fingerprint density at radius 3 is 2.40 bits per heavy atom. The van der Waals surface area contributed by atoms with Gasteiger partial charge in [-0.3, -0.25) is 4.79 Å². The predicted octanol–water partition coefficient (Wildman–Crippen LogP) is 3.67. The van der Waals surface area contributed by atoms with Crippen LogP contribution in [0, 0.1) is 11.6 Å². The lowest BCUT2D eigenvalue weighted by Gasteiger charge is -2.09. The Morgan fingerprint density at radius 2 is 1.75 bits per heavy atom. The monoisotopic (exact) mass is 296 g/mol. The SMILES string of the molecule is O=C(CNc1c(F)cccc1F)Nc1cccc(Cl)c1. The van der Waals surface area contributed by atoms with Crippen molar-refractivity contribution >= 4 is 28.9 Å². The van der Waals surface area contributed by atoms with E-state index in [1.807, 2.05) is 0 Å². The molecule has 0 unspecified atom stereocenters. The van der Waals surface area contributed by atoms with Crippen molar-refractivity contribution < 1.29 is 13.6 Å². The highest BCUT2D eigenvalue weighted by Crippen LogP contribution is 2.18. The maximum atomic E-state index is 13.3. The van der Waals surface area contributed by atoms with Gasteiger partial charge in [0.15, 0.2) is 0 Å². The number of benzene rings is 2. The summed E-state index contributed by atoms with van der Waals surface area (Å²) in [5, 5.41) is 5.46. The number of anilines is 2. The summed E-state index contributed by atoms with van der Waals surface area (Å²) in [5.74, 6) is -1.93. The van der Waals surface area contributed by atoms with Gasteiger partial charge in [-0.15, -0.1) is 0 Å². The van der Waals surface area contributed by atoms with Crippen molar-refractivity contribution in [3.8, 4) is 0 Å². The molecule has 0 aliphatic heterocycles. The minimum absolute atomic E-state index is 0.260. The first-order valence-electron chi connectivity index (χ1n) is 5.79. The first-order chi connectivity index (χ1) is 9.56. The van der Waals surface area contributed by atoms with Gasteiger partial charge >= 0.3 is 0 Å². The first kappa shape index (κ1) is 14.3. The number of rotatable bonds is 4. The normalized spacial score (nSPS) is 10.2. The second kappa shape index (κ2) is 6.34. The van der Waals surface area contributed by atoms with E-state index in [-0.39, 0.29) is 12.2 Å². The van der Waals surface area contributed by atoms with Gasteiger partial charge in [-0.2, -0.15) is 0 Å². The van der Waals surface area contributed by atoms with Crippen molar-refractivity contribution in [2.24, 2.45) is 0 Å². The van der Waals surface area contributed by atoms with E-state index in [2.05, 4.69) is 10.6 Å². The fourth-order valence-electron chi connectivity index (χ4n) is 1.61. The molecular formula is C14H11ClF2N2O. The Hall–Kier alpha value is -2.14. The van der Waals surface area contributed by atoms with Crippen LogP contribution in [0.2, 0.25) is 5.02 Å². The third-order valence-corrected chi connectivity index (χ3v) is 2.73. The molecule has 2 N–H and O–H groups in total. The highest BCUT2D eigenvalue weighted by atomic mass is 35.5. The largest absolute Gasteiger partial charge is 0.371 e. The van der Waals surface area contributed by atoms with Gasteiger partial charge in [-0.05, 0) is 30.3 Å². The quantitative estimate of drug-likeness (QED) is 0.904. The molecule has 0 spiro atoms. The summed E-state index contributed by atoms with van der Waals surface area (Å²) in [6.07, 6.45) is 0. The molecule has 2 aromatic carbocycles. The van der Waals surface area contributed by atoms with E-state index in [1.54, 1.807) is 24.3 Å². The van der Waals surface area contributed by atoms with E-state index in [0.29, 0.717) is 10.7 Å². The zero-order valence-corrected chi connectivity index (χ0v) is 11.0. The molecular weight excluding hydrogens is 286 g/mol. The van der Waals surface area contributed by atoms with Gasteiger partial charge in [0.1, 0.15) is 17.3 Å². The smallest absolute Gasteiger partial charge is 0.243 e. The number of amides is 1. The minimum atomic E-state index is -0.749. The number of hydrogen-bond acceptors (Lipinski definition) is 2. The predicted molar refractivity (Wildman–Crippen MR) is 74.9 cm³/mol. The van der Waals surface area contributed by atoms with Crippen LogP contribution in [0.5, 0.6) is 0 Å². The van der Waals surface area contributed by atoms with E-state index in [9.17, 15) is 13.6 Å². The van der Waals surface area contributed by atoms with E-state index in [1.165, 1.54) is 6.07 Å². The summed E-state index contributed by atoms with van der Waals surface area (Å²) in [6.45, 7) is -0.260. The summed E-state index contributed by atoms with van der Waals surface area (Å²) in [5.41, 5.74) is 0.187. The molecule has 2 aromatic rings. The Morgan fingerprint density at radius 1 is 1.10 bits per heavy atom. The summed E-state index contributed by atoms with van der Waals surface area (Å²) in [4.78, 5) is 11.7. The van der Waals surface area contributed by atoms with Gasteiger partial charge < -0.3 is 10.6 Å². The molecule has 0 aliphatic carbocycles. The lowest BCUT2D eigenvalue weighted by molar-refractivity contribution is -0.114. The lowest BCUT2D eigenvalue weighted by Crippen LogP contribution is -2.22. The van der Waals surface area contributed by atoms with Crippen LogP contribution in [0.1, 0.15) is 0 Å². The average molecular weight is 297 g/mol. The zero-order valence-electron chi connectivity index (χ0n) is 10.3. The molecule has 0 radical (unpaired) electrons. The van der Waals surface area contributed by atoms with Crippen LogP contribution in [0.25, 0.3) is 0 Å². The highest BCUT2D eigenvalue weighted by Gasteiger charge is 2.09. The Kier molecular flexibility index (Phi) is 4.53. The average Bonchev–Trinajstić information content (AvgIpc) is 2.38. The molecule has 3 nitrogen and oxygen atoms in total. The summed E-state index contributed by atoms with van der Waals surface area (Å²) < 4.78 is 26.7. The van der Waals surface area contributed by atoms with E-state index in [4.69, 9.17) is 11.6 Å². The minimum Gasteiger partial charge on any atom is -0.371 e. The molecule has 0 atom stereocenters. The van der Waals surface area contributed by atoms with E-state index >= 15 is 0 Å². The van der Waals surface area contributed by atoms with Gasteiger partial charge in [-0.25, -0.2) is 8.78 Å². The Bertz CT molecular complexity index is 614. The molecule has 2 rings (SSSR count). The zero-order chi connectivity index (χ0) is 14.5. The van der Waals surface area contributed by atoms with Gasteiger partial charge in [0, 0.05) is 10.7 Å². The van der Waals surface area contributed by atoms with Crippen molar-refractivity contribution in [2.45, 2.75) is 0 Å². The van der Waals surface area contributed by atoms with Crippen LogP contribution in [-0.2, 0) is 4.79 Å². The van der Waals surface area contributed by atoms with Gasteiger partial charge in [0.2, 0.25) is 5.91 Å². The number of nitrogens with one attached hydrogen (secondary N) is 2. The van der Waals surface area contributed by atoms with Crippen molar-refractivity contribution in [2.75, 3.05) is 17.2 Å². The van der Waals surface area contributed by atoms with Crippen LogP contribution in [0.15, 0.2) is 42.5 Å². The van der Waals surface area contributed by atoms with Crippen LogP contribution >= 0.6 is 11.6 Å². The molecule has 1 amide bonds. The molecule has 0 aliphatic rings. The van der Waals surface area contributed by atoms with Crippen molar-refractivity contribution in [1.82, 2.24) is 0 Å². The van der Waals surface area contributed by atoms with Crippen LogP contribution < -0.4 is 10.6 Å². The molecule has 0 bridgehead atoms. The maximum Gasteiger partial charge on any atom is 0.243 e. The molecule has 0 fully saturated rings. The third kappa shape index (κ3) is 3.68. The third-order valence-electron chi connectivity index (χ3n) is 2.50. The fraction of sp³-hybridized carbons (Fsp3) is 0.0714. The van der Waals surface area contributed by atoms with Gasteiger partial charge in [-0.1, -0.05) is 23.7 Å². The second-order valence-electron chi connectivity index (χ2n) is 4.01. The molecule has 0 heterocycles. The molecule has 6 heteroatoms. The van der Waals surface area contributed by atoms with E-state index in [0.717, 1.165) is 12.1 Å². The Labute approximate surface area is 119 Å². The lowest BCUT2D eigenvalue weighted by atomic mass is 10.3. The fourth-order valence-corrected chi connectivity index (χ4v) is 1.80. The Balaban J connectivity index is 1.96. The topological polar surface area (TPSA) is 41.1 Å². The maximum absolute atomic E-state index is 13.3. The summed E-state index contributed by atoms with van der Waals surface area (Å²) in [7, 11) is 0. The molecule has 104 valence electrons. The van der Waals surface area contributed by atoms with Crippen LogP contribution in [-0.4, -0.2) is 12.5 Å². The second-order valence-corrected chi connectivity index (χ2v) is 4.45. The standard InChI is InChI=1S/C14H11ClF2N2O/c15-9-3-1-4-10(7-9)19-13(20)8-18-14-11(16)5-2-6-12(14)17/h1-7,18H,8H2,(H,19,20).